The first-order valence-corrected chi connectivity index (χ1v) is 8.21. The zero-order valence-electron chi connectivity index (χ0n) is 14.1. The summed E-state index contributed by atoms with van der Waals surface area (Å²) in [6, 6.07) is 7.23. The van der Waals surface area contributed by atoms with Crippen LogP contribution in [0.5, 0.6) is 0 Å². The lowest BCUT2D eigenvalue weighted by Gasteiger charge is -2.13. The van der Waals surface area contributed by atoms with Crippen molar-refractivity contribution in [2.45, 2.75) is 25.5 Å². The van der Waals surface area contributed by atoms with E-state index in [1.807, 2.05) is 12.1 Å². The van der Waals surface area contributed by atoms with E-state index >= 15 is 0 Å². The van der Waals surface area contributed by atoms with E-state index < -0.39 is 5.91 Å². The zero-order chi connectivity index (χ0) is 17.2. The van der Waals surface area contributed by atoms with Gasteiger partial charge in [0.1, 0.15) is 0 Å². The molecule has 0 saturated carbocycles. The van der Waals surface area contributed by atoms with Crippen LogP contribution in [0.3, 0.4) is 0 Å². The van der Waals surface area contributed by atoms with Crippen LogP contribution >= 0.6 is 0 Å². The first-order valence-electron chi connectivity index (χ1n) is 8.21. The topological polar surface area (TPSA) is 98.0 Å². The molecule has 24 heavy (non-hydrogen) atoms. The van der Waals surface area contributed by atoms with E-state index in [1.54, 1.807) is 19.2 Å². The van der Waals surface area contributed by atoms with E-state index in [1.165, 1.54) is 0 Å². The van der Waals surface area contributed by atoms with E-state index in [0.717, 1.165) is 31.6 Å². The minimum absolute atomic E-state index is 0.250. The lowest BCUT2D eigenvalue weighted by molar-refractivity contribution is 0.0420. The molecular weight excluding hydrogens is 308 g/mol. The van der Waals surface area contributed by atoms with E-state index in [0.29, 0.717) is 31.3 Å². The second-order valence-electron chi connectivity index (χ2n) is 5.63. The SMILES string of the molecule is CN=C(NCCCOC1CCOC1)NCc1cccc(C(N)=O)c1. The second kappa shape index (κ2) is 9.89. The van der Waals surface area contributed by atoms with Crippen molar-refractivity contribution in [3.05, 3.63) is 35.4 Å². The van der Waals surface area contributed by atoms with Crippen LogP contribution in [0, 0.1) is 0 Å². The fourth-order valence-corrected chi connectivity index (χ4v) is 2.41. The molecular formula is C17H26N4O3. The molecule has 1 unspecified atom stereocenters. The van der Waals surface area contributed by atoms with Crippen molar-refractivity contribution >= 4 is 11.9 Å². The Hall–Kier alpha value is -2.12. The van der Waals surface area contributed by atoms with Crippen LogP contribution in [0.1, 0.15) is 28.8 Å². The molecule has 2 rings (SSSR count). The summed E-state index contributed by atoms with van der Waals surface area (Å²) < 4.78 is 11.0. The minimum atomic E-state index is -0.424. The van der Waals surface area contributed by atoms with Crippen LogP contribution in [-0.2, 0) is 16.0 Å². The smallest absolute Gasteiger partial charge is 0.248 e. The second-order valence-corrected chi connectivity index (χ2v) is 5.63. The molecule has 1 heterocycles. The van der Waals surface area contributed by atoms with Crippen LogP contribution in [0.15, 0.2) is 29.3 Å². The number of amides is 1. The number of carbonyl (C=O) groups excluding carboxylic acids is 1. The Bertz CT molecular complexity index is 557. The summed E-state index contributed by atoms with van der Waals surface area (Å²) in [7, 11) is 1.72. The van der Waals surface area contributed by atoms with Gasteiger partial charge in [-0.05, 0) is 30.5 Å². The summed E-state index contributed by atoms with van der Waals surface area (Å²) in [4.78, 5) is 15.4. The molecule has 1 atom stereocenters. The Morgan fingerprint density at radius 2 is 2.33 bits per heavy atom. The summed E-state index contributed by atoms with van der Waals surface area (Å²) in [6.07, 6.45) is 2.13. The van der Waals surface area contributed by atoms with Gasteiger partial charge in [0.25, 0.3) is 0 Å². The van der Waals surface area contributed by atoms with Crippen molar-refractivity contribution in [3.8, 4) is 0 Å². The summed E-state index contributed by atoms with van der Waals surface area (Å²) in [5.41, 5.74) is 6.77. The van der Waals surface area contributed by atoms with Crippen LogP contribution in [-0.4, -0.2) is 51.4 Å². The van der Waals surface area contributed by atoms with Crippen LogP contribution < -0.4 is 16.4 Å². The van der Waals surface area contributed by atoms with Crippen molar-refractivity contribution in [2.75, 3.05) is 33.4 Å². The minimum Gasteiger partial charge on any atom is -0.379 e. The third kappa shape index (κ3) is 6.17. The molecule has 132 valence electrons. The highest BCUT2D eigenvalue weighted by molar-refractivity contribution is 5.92. The number of aliphatic imine (C=N–C) groups is 1. The average Bonchev–Trinajstić information content (AvgIpc) is 3.11. The number of nitrogens with two attached hydrogens (primary N) is 1. The molecule has 0 spiro atoms. The van der Waals surface area contributed by atoms with Gasteiger partial charge in [-0.3, -0.25) is 9.79 Å². The van der Waals surface area contributed by atoms with Crippen molar-refractivity contribution in [1.29, 1.82) is 0 Å². The zero-order valence-corrected chi connectivity index (χ0v) is 14.1. The van der Waals surface area contributed by atoms with Crippen molar-refractivity contribution in [2.24, 2.45) is 10.7 Å². The summed E-state index contributed by atoms with van der Waals surface area (Å²) in [5, 5.41) is 6.45. The van der Waals surface area contributed by atoms with Gasteiger partial charge in [0.2, 0.25) is 5.91 Å². The van der Waals surface area contributed by atoms with E-state index in [9.17, 15) is 4.79 Å². The molecule has 1 saturated heterocycles. The van der Waals surface area contributed by atoms with Crippen molar-refractivity contribution < 1.29 is 14.3 Å². The quantitative estimate of drug-likeness (QED) is 0.368. The lowest BCUT2D eigenvalue weighted by Crippen LogP contribution is -2.37. The van der Waals surface area contributed by atoms with Crippen LogP contribution in [0.25, 0.3) is 0 Å². The summed E-state index contributed by atoms with van der Waals surface area (Å²) >= 11 is 0. The molecule has 1 aromatic carbocycles. The fraction of sp³-hybridized carbons (Fsp3) is 0.529. The number of ether oxygens (including phenoxy) is 2. The van der Waals surface area contributed by atoms with E-state index in [2.05, 4.69) is 15.6 Å². The molecule has 0 aromatic heterocycles. The van der Waals surface area contributed by atoms with E-state index in [4.69, 9.17) is 15.2 Å². The van der Waals surface area contributed by atoms with Crippen LogP contribution in [0.2, 0.25) is 0 Å². The highest BCUT2D eigenvalue weighted by atomic mass is 16.5. The van der Waals surface area contributed by atoms with Crippen LogP contribution in [0.4, 0.5) is 0 Å². The first-order chi connectivity index (χ1) is 11.7. The number of benzene rings is 1. The molecule has 4 N–H and O–H groups in total. The number of hydrogen-bond acceptors (Lipinski definition) is 4. The molecule has 1 aliphatic rings. The molecule has 0 bridgehead atoms. The standard InChI is InChI=1S/C17H26N4O3/c1-19-17(20-7-3-8-24-15-6-9-23-12-15)21-11-13-4-2-5-14(10-13)16(18)22/h2,4-5,10,15H,3,6-9,11-12H2,1H3,(H2,18,22)(H2,19,20,21). The third-order valence-electron chi connectivity index (χ3n) is 3.75. The van der Waals surface area contributed by atoms with Gasteiger partial charge in [0.15, 0.2) is 5.96 Å². The Morgan fingerprint density at radius 3 is 3.04 bits per heavy atom. The van der Waals surface area contributed by atoms with Crippen molar-refractivity contribution in [3.63, 3.8) is 0 Å². The number of hydrogen-bond donors (Lipinski definition) is 3. The highest BCUT2D eigenvalue weighted by Gasteiger charge is 2.15. The maximum Gasteiger partial charge on any atom is 0.248 e. The summed E-state index contributed by atoms with van der Waals surface area (Å²) in [5.74, 6) is 0.288. The predicted octanol–water partition coefficient (Wildman–Crippen LogP) is 0.646. The predicted molar refractivity (Wildman–Crippen MR) is 93.0 cm³/mol. The fourth-order valence-electron chi connectivity index (χ4n) is 2.41. The number of carbonyl (C=O) groups is 1. The monoisotopic (exact) mass is 334 g/mol. The van der Waals surface area contributed by atoms with Gasteiger partial charge in [-0.15, -0.1) is 0 Å². The average molecular weight is 334 g/mol. The maximum atomic E-state index is 11.2. The molecule has 7 nitrogen and oxygen atoms in total. The van der Waals surface area contributed by atoms with Gasteiger partial charge in [-0.25, -0.2) is 0 Å². The Balaban J connectivity index is 1.64. The summed E-state index contributed by atoms with van der Waals surface area (Å²) in [6.45, 7) is 3.56. The van der Waals surface area contributed by atoms with Crippen molar-refractivity contribution in [1.82, 2.24) is 10.6 Å². The normalized spacial score (nSPS) is 17.7. The number of nitrogens with one attached hydrogen (secondary N) is 2. The van der Waals surface area contributed by atoms with E-state index in [-0.39, 0.29) is 6.10 Å². The van der Waals surface area contributed by atoms with Gasteiger partial charge in [-0.2, -0.15) is 0 Å². The van der Waals surface area contributed by atoms with Gasteiger partial charge in [-0.1, -0.05) is 12.1 Å². The van der Waals surface area contributed by atoms with Gasteiger partial charge < -0.3 is 25.8 Å². The molecule has 7 heteroatoms. The van der Waals surface area contributed by atoms with Gasteiger partial charge in [0, 0.05) is 38.9 Å². The largest absolute Gasteiger partial charge is 0.379 e. The number of primary amides is 1. The molecule has 1 aromatic rings. The number of guanidine groups is 1. The number of nitrogens with zero attached hydrogens (tertiary/aromatic N) is 1. The first kappa shape index (κ1) is 18.2. The highest BCUT2D eigenvalue weighted by Crippen LogP contribution is 2.08. The lowest BCUT2D eigenvalue weighted by atomic mass is 10.1. The Kier molecular flexibility index (Phi) is 7.51. The van der Waals surface area contributed by atoms with Gasteiger partial charge in [0.05, 0.1) is 12.7 Å². The Labute approximate surface area is 142 Å². The molecule has 0 aliphatic carbocycles. The molecule has 1 fully saturated rings. The molecule has 1 amide bonds. The molecule has 0 radical (unpaired) electrons. The Morgan fingerprint density at radius 1 is 1.46 bits per heavy atom. The maximum absolute atomic E-state index is 11.2. The molecule has 1 aliphatic heterocycles. The number of rotatable bonds is 8. The van der Waals surface area contributed by atoms with Gasteiger partial charge >= 0.3 is 0 Å². The third-order valence-corrected chi connectivity index (χ3v) is 3.75.